The molecular weight excluding hydrogens is 380 g/mol. The van der Waals surface area contributed by atoms with Gasteiger partial charge in [-0.15, -0.1) is 0 Å². The van der Waals surface area contributed by atoms with Crippen LogP contribution in [0.25, 0.3) is 0 Å². The second kappa shape index (κ2) is 8.80. The van der Waals surface area contributed by atoms with Gasteiger partial charge in [0, 0.05) is 36.2 Å². The lowest BCUT2D eigenvalue weighted by molar-refractivity contribution is -0.124. The average Bonchev–Trinajstić information content (AvgIpc) is 2.98. The van der Waals surface area contributed by atoms with Crippen LogP contribution in [-0.2, 0) is 17.8 Å². The molecule has 0 saturated heterocycles. The van der Waals surface area contributed by atoms with Crippen molar-refractivity contribution in [1.82, 2.24) is 5.32 Å². The van der Waals surface area contributed by atoms with E-state index in [1.54, 1.807) is 18.2 Å². The van der Waals surface area contributed by atoms with E-state index in [0.717, 1.165) is 11.1 Å². The second-order valence-electron chi connectivity index (χ2n) is 7.09. The molecular formula is C24H22N2O4. The zero-order valence-electron chi connectivity index (χ0n) is 16.3. The minimum atomic E-state index is -0.681. The van der Waals surface area contributed by atoms with E-state index >= 15 is 0 Å². The minimum absolute atomic E-state index is 0.0797. The third-order valence-corrected chi connectivity index (χ3v) is 4.93. The summed E-state index contributed by atoms with van der Waals surface area (Å²) < 4.78 is 11.9. The topological polar surface area (TPSA) is 90.7 Å². The maximum absolute atomic E-state index is 13.0. The van der Waals surface area contributed by atoms with Crippen molar-refractivity contribution in [2.75, 3.05) is 6.54 Å². The first-order valence-electron chi connectivity index (χ1n) is 9.74. The number of benzene rings is 3. The smallest absolute Gasteiger partial charge is 0.248 e. The number of amides is 1. The van der Waals surface area contributed by atoms with E-state index in [1.165, 1.54) is 0 Å². The third kappa shape index (κ3) is 4.50. The number of hydrogen-bond donors (Lipinski definition) is 2. The van der Waals surface area contributed by atoms with E-state index in [0.29, 0.717) is 35.9 Å². The number of ether oxygens (including phenoxy) is 2. The Morgan fingerprint density at radius 2 is 1.80 bits per heavy atom. The first-order chi connectivity index (χ1) is 14.6. The molecule has 1 unspecified atom stereocenters. The zero-order chi connectivity index (χ0) is 20.9. The molecule has 6 heteroatoms. The van der Waals surface area contributed by atoms with Crippen LogP contribution in [0.2, 0.25) is 0 Å². The number of hydrogen-bond acceptors (Lipinski definition) is 5. The summed E-state index contributed by atoms with van der Waals surface area (Å²) in [5.74, 6) is 1.23. The molecule has 6 nitrogen and oxygen atoms in total. The van der Waals surface area contributed by atoms with Crippen LogP contribution in [0.4, 0.5) is 0 Å². The molecule has 0 saturated carbocycles. The molecule has 0 fully saturated rings. The van der Waals surface area contributed by atoms with Gasteiger partial charge in [0.05, 0.1) is 0 Å². The fourth-order valence-corrected chi connectivity index (χ4v) is 3.34. The number of ketones is 1. The number of rotatable bonds is 6. The second-order valence-corrected chi connectivity index (χ2v) is 7.09. The Kier molecular flexibility index (Phi) is 5.77. The molecule has 3 aromatic carbocycles. The lowest BCUT2D eigenvalue weighted by atomic mass is 10.0. The number of para-hydroxylation sites is 2. The van der Waals surface area contributed by atoms with Gasteiger partial charge in [-0.2, -0.15) is 0 Å². The highest BCUT2D eigenvalue weighted by molar-refractivity contribution is 5.93. The SMILES string of the molecule is NC(=O)c1ccc2c(c1)OC(C(=O)Cc1ccccc1Oc1ccccc1)CNC2. The highest BCUT2D eigenvalue weighted by Crippen LogP contribution is 2.27. The van der Waals surface area contributed by atoms with Crippen LogP contribution in [0.5, 0.6) is 17.2 Å². The molecule has 0 bridgehead atoms. The van der Waals surface area contributed by atoms with Crippen LogP contribution in [-0.4, -0.2) is 24.3 Å². The quantitative estimate of drug-likeness (QED) is 0.661. The Labute approximate surface area is 174 Å². The predicted octanol–water partition coefficient (Wildman–Crippen LogP) is 3.24. The lowest BCUT2D eigenvalue weighted by Crippen LogP contribution is -2.36. The molecule has 0 aliphatic carbocycles. The number of carbonyl (C=O) groups is 2. The molecule has 1 aliphatic rings. The summed E-state index contributed by atoms with van der Waals surface area (Å²) in [7, 11) is 0. The summed E-state index contributed by atoms with van der Waals surface area (Å²) in [5.41, 5.74) is 7.38. The van der Waals surface area contributed by atoms with Gasteiger partial charge in [-0.3, -0.25) is 9.59 Å². The van der Waals surface area contributed by atoms with E-state index in [2.05, 4.69) is 5.32 Å². The summed E-state index contributed by atoms with van der Waals surface area (Å²) in [4.78, 5) is 24.5. The largest absolute Gasteiger partial charge is 0.481 e. The van der Waals surface area contributed by atoms with Crippen molar-refractivity contribution in [2.45, 2.75) is 19.1 Å². The van der Waals surface area contributed by atoms with Gasteiger partial charge in [0.1, 0.15) is 17.2 Å². The molecule has 0 aromatic heterocycles. The molecule has 3 aromatic rings. The van der Waals surface area contributed by atoms with Crippen molar-refractivity contribution >= 4 is 11.7 Å². The molecule has 30 heavy (non-hydrogen) atoms. The van der Waals surface area contributed by atoms with Gasteiger partial charge in [0.15, 0.2) is 11.9 Å². The van der Waals surface area contributed by atoms with Gasteiger partial charge in [0.25, 0.3) is 0 Å². The highest BCUT2D eigenvalue weighted by Gasteiger charge is 2.25. The summed E-state index contributed by atoms with van der Waals surface area (Å²) in [6.07, 6.45) is -0.514. The molecule has 1 heterocycles. The molecule has 0 radical (unpaired) electrons. The summed E-state index contributed by atoms with van der Waals surface area (Å²) in [6, 6.07) is 21.9. The number of nitrogens with two attached hydrogens (primary N) is 1. The van der Waals surface area contributed by atoms with Gasteiger partial charge < -0.3 is 20.5 Å². The van der Waals surface area contributed by atoms with Crippen molar-refractivity contribution in [3.63, 3.8) is 0 Å². The lowest BCUT2D eigenvalue weighted by Gasteiger charge is -2.17. The van der Waals surface area contributed by atoms with Crippen molar-refractivity contribution in [3.05, 3.63) is 89.5 Å². The first kappa shape index (κ1) is 19.7. The van der Waals surface area contributed by atoms with E-state index in [4.69, 9.17) is 15.2 Å². The van der Waals surface area contributed by atoms with E-state index < -0.39 is 12.0 Å². The van der Waals surface area contributed by atoms with E-state index in [9.17, 15) is 9.59 Å². The Balaban J connectivity index is 1.52. The van der Waals surface area contributed by atoms with Crippen LogP contribution in [0, 0.1) is 0 Å². The van der Waals surface area contributed by atoms with Crippen LogP contribution >= 0.6 is 0 Å². The van der Waals surface area contributed by atoms with E-state index in [-0.39, 0.29) is 12.2 Å². The van der Waals surface area contributed by atoms with Crippen molar-refractivity contribution in [3.8, 4) is 17.2 Å². The number of carbonyl (C=O) groups excluding carboxylic acids is 2. The molecule has 0 spiro atoms. The zero-order valence-corrected chi connectivity index (χ0v) is 16.3. The van der Waals surface area contributed by atoms with Crippen LogP contribution in [0.3, 0.4) is 0 Å². The maximum atomic E-state index is 13.0. The molecule has 4 rings (SSSR count). The monoisotopic (exact) mass is 402 g/mol. The van der Waals surface area contributed by atoms with Gasteiger partial charge in [-0.1, -0.05) is 42.5 Å². The van der Waals surface area contributed by atoms with Crippen molar-refractivity contribution in [1.29, 1.82) is 0 Å². The molecule has 1 atom stereocenters. The summed E-state index contributed by atoms with van der Waals surface area (Å²) in [5, 5.41) is 3.23. The van der Waals surface area contributed by atoms with Crippen molar-refractivity contribution < 1.29 is 19.1 Å². The molecule has 1 amide bonds. The minimum Gasteiger partial charge on any atom is -0.481 e. The number of fused-ring (bicyclic) bond motifs is 1. The van der Waals surface area contributed by atoms with Crippen LogP contribution in [0.1, 0.15) is 21.5 Å². The van der Waals surface area contributed by atoms with Crippen molar-refractivity contribution in [2.24, 2.45) is 5.73 Å². The van der Waals surface area contributed by atoms with Gasteiger partial charge in [-0.25, -0.2) is 0 Å². The summed E-state index contributed by atoms with van der Waals surface area (Å²) >= 11 is 0. The number of primary amides is 1. The average molecular weight is 402 g/mol. The highest BCUT2D eigenvalue weighted by atomic mass is 16.5. The fraction of sp³-hybridized carbons (Fsp3) is 0.167. The standard InChI is InChI=1S/C24H22N2O4/c25-24(28)17-10-11-18-14-26-15-23(30-22(18)13-17)20(27)12-16-6-4-5-9-21(16)29-19-7-2-1-3-8-19/h1-11,13,23,26H,12,14-15H2,(H2,25,28). The Hall–Kier alpha value is -3.64. The Morgan fingerprint density at radius 3 is 2.60 bits per heavy atom. The number of nitrogens with one attached hydrogen (secondary N) is 1. The third-order valence-electron chi connectivity index (χ3n) is 4.93. The molecule has 3 N–H and O–H groups in total. The Bertz CT molecular complexity index is 1070. The predicted molar refractivity (Wildman–Crippen MR) is 113 cm³/mol. The van der Waals surface area contributed by atoms with Crippen LogP contribution in [0.15, 0.2) is 72.8 Å². The van der Waals surface area contributed by atoms with E-state index in [1.807, 2.05) is 54.6 Å². The van der Waals surface area contributed by atoms with Crippen LogP contribution < -0.4 is 20.5 Å². The normalized spacial score (nSPS) is 15.4. The molecule has 152 valence electrons. The van der Waals surface area contributed by atoms with Gasteiger partial charge >= 0.3 is 0 Å². The van der Waals surface area contributed by atoms with Gasteiger partial charge in [0.2, 0.25) is 5.91 Å². The molecule has 1 aliphatic heterocycles. The maximum Gasteiger partial charge on any atom is 0.248 e. The summed E-state index contributed by atoms with van der Waals surface area (Å²) in [6.45, 7) is 0.924. The number of Topliss-reactive ketones (excluding diaryl/α,β-unsaturated/α-hetero) is 1. The fourth-order valence-electron chi connectivity index (χ4n) is 3.34. The van der Waals surface area contributed by atoms with Gasteiger partial charge in [-0.05, 0) is 30.3 Å². The Morgan fingerprint density at radius 1 is 1.03 bits per heavy atom. The first-order valence-corrected chi connectivity index (χ1v) is 9.74.